The summed E-state index contributed by atoms with van der Waals surface area (Å²) in [5.74, 6) is 0. The summed E-state index contributed by atoms with van der Waals surface area (Å²) in [7, 11) is -1.62. The van der Waals surface area contributed by atoms with Crippen molar-refractivity contribution in [1.82, 2.24) is 0 Å². The van der Waals surface area contributed by atoms with Crippen LogP contribution in [0.4, 0.5) is 0 Å². The third kappa shape index (κ3) is 1.87. The van der Waals surface area contributed by atoms with Crippen LogP contribution in [0.25, 0.3) is 0 Å². The van der Waals surface area contributed by atoms with Crippen molar-refractivity contribution in [2.45, 2.75) is 11.8 Å². The van der Waals surface area contributed by atoms with Crippen LogP contribution in [0.1, 0.15) is 5.56 Å². The molecule has 64 valence electrons. The zero-order valence-corrected chi connectivity index (χ0v) is 7.85. The van der Waals surface area contributed by atoms with Crippen molar-refractivity contribution >= 4 is 23.3 Å². The van der Waals surface area contributed by atoms with E-state index in [0.717, 1.165) is 11.0 Å². The molecule has 0 amide bonds. The molecular formula is C7H10BNO2S. The van der Waals surface area contributed by atoms with Gasteiger partial charge in [-0.1, -0.05) is 17.1 Å². The van der Waals surface area contributed by atoms with E-state index in [2.05, 4.69) is 0 Å². The molecule has 5 heteroatoms. The van der Waals surface area contributed by atoms with Crippen molar-refractivity contribution in [3.05, 3.63) is 23.8 Å². The van der Waals surface area contributed by atoms with Gasteiger partial charge in [-0.15, -0.1) is 0 Å². The molecule has 0 unspecified atom stereocenters. The Morgan fingerprint density at radius 3 is 2.42 bits per heavy atom. The smallest absolute Gasteiger partial charge is 0.225 e. The topological polar surface area (TPSA) is 60.2 Å². The largest absolute Gasteiger partial charge is 0.238 e. The molecule has 0 aliphatic rings. The molecule has 0 fully saturated rings. The van der Waals surface area contributed by atoms with Crippen molar-refractivity contribution in [1.29, 1.82) is 0 Å². The highest BCUT2D eigenvalue weighted by atomic mass is 32.2. The van der Waals surface area contributed by atoms with E-state index in [4.69, 9.17) is 5.14 Å². The lowest BCUT2D eigenvalue weighted by Gasteiger charge is -2.02. The highest BCUT2D eigenvalue weighted by molar-refractivity contribution is 7.89. The lowest BCUT2D eigenvalue weighted by molar-refractivity contribution is 0.598. The molecule has 3 nitrogen and oxygen atoms in total. The fourth-order valence-corrected chi connectivity index (χ4v) is 1.49. The van der Waals surface area contributed by atoms with E-state index in [1.54, 1.807) is 12.1 Å². The molecule has 0 saturated heterocycles. The van der Waals surface area contributed by atoms with Crippen molar-refractivity contribution in [2.24, 2.45) is 5.14 Å². The van der Waals surface area contributed by atoms with E-state index in [9.17, 15) is 8.42 Å². The first kappa shape index (κ1) is 9.28. The Kier molecular flexibility index (Phi) is 2.26. The van der Waals surface area contributed by atoms with Gasteiger partial charge < -0.3 is 0 Å². The van der Waals surface area contributed by atoms with Gasteiger partial charge in [0.2, 0.25) is 10.0 Å². The Hall–Kier alpha value is -0.805. The van der Waals surface area contributed by atoms with Crippen LogP contribution in [0.2, 0.25) is 0 Å². The minimum atomic E-state index is -3.54. The standard InChI is InChI=1S/C7H10BNO2S/c1-5-4-6(12(9,10)11)2-3-7(5)8/h2-4H,8H2,1H3,(H2,9,10,11). The van der Waals surface area contributed by atoms with Crippen LogP contribution in [0.15, 0.2) is 23.1 Å². The second-order valence-corrected chi connectivity index (χ2v) is 4.35. The molecule has 0 aliphatic heterocycles. The first-order chi connectivity index (χ1) is 5.41. The van der Waals surface area contributed by atoms with Gasteiger partial charge in [0.05, 0.1) is 4.90 Å². The average molecular weight is 183 g/mol. The third-order valence-electron chi connectivity index (χ3n) is 1.81. The lowest BCUT2D eigenvalue weighted by atomic mass is 9.92. The van der Waals surface area contributed by atoms with Crippen LogP contribution in [0.3, 0.4) is 0 Å². The number of hydrogen-bond donors (Lipinski definition) is 1. The molecule has 0 aromatic heterocycles. The number of hydrogen-bond acceptors (Lipinski definition) is 2. The Morgan fingerprint density at radius 2 is 2.00 bits per heavy atom. The maximum absolute atomic E-state index is 10.9. The van der Waals surface area contributed by atoms with Crippen molar-refractivity contribution in [2.75, 3.05) is 0 Å². The van der Waals surface area contributed by atoms with Crippen LogP contribution in [0.5, 0.6) is 0 Å². The van der Waals surface area contributed by atoms with Gasteiger partial charge in [-0.25, -0.2) is 13.6 Å². The molecule has 1 rings (SSSR count). The molecule has 1 aromatic rings. The maximum Gasteiger partial charge on any atom is 0.238 e. The van der Waals surface area contributed by atoms with Gasteiger partial charge in [0.1, 0.15) is 7.85 Å². The van der Waals surface area contributed by atoms with Crippen molar-refractivity contribution < 1.29 is 8.42 Å². The molecule has 0 aliphatic carbocycles. The zero-order valence-electron chi connectivity index (χ0n) is 7.03. The van der Waals surface area contributed by atoms with Crippen molar-refractivity contribution in [3.8, 4) is 0 Å². The molecule has 1 aromatic carbocycles. The Morgan fingerprint density at radius 1 is 1.42 bits per heavy atom. The molecule has 0 spiro atoms. The predicted octanol–water partition coefficient (Wildman–Crippen LogP) is -1.10. The van der Waals surface area contributed by atoms with Crippen LogP contribution in [0, 0.1) is 6.92 Å². The number of aryl methyl sites for hydroxylation is 1. The highest BCUT2D eigenvalue weighted by Crippen LogP contribution is 2.06. The fourth-order valence-electron chi connectivity index (χ4n) is 0.891. The van der Waals surface area contributed by atoms with Gasteiger partial charge in [-0.05, 0) is 19.1 Å². The van der Waals surface area contributed by atoms with Gasteiger partial charge in [0, 0.05) is 0 Å². The second kappa shape index (κ2) is 2.92. The first-order valence-corrected chi connectivity index (χ1v) is 5.06. The van der Waals surface area contributed by atoms with Gasteiger partial charge in [0.15, 0.2) is 0 Å². The third-order valence-corrected chi connectivity index (χ3v) is 2.72. The van der Waals surface area contributed by atoms with E-state index < -0.39 is 10.0 Å². The summed E-state index contributed by atoms with van der Waals surface area (Å²) < 4.78 is 21.7. The van der Waals surface area contributed by atoms with Crippen LogP contribution in [-0.4, -0.2) is 16.3 Å². The van der Waals surface area contributed by atoms with E-state index in [0.29, 0.717) is 0 Å². The summed E-state index contributed by atoms with van der Waals surface area (Å²) in [6.07, 6.45) is 0. The summed E-state index contributed by atoms with van der Waals surface area (Å²) in [5, 5.41) is 4.95. The molecule has 12 heavy (non-hydrogen) atoms. The normalized spacial score (nSPS) is 11.5. The number of nitrogens with two attached hydrogens (primary N) is 1. The van der Waals surface area contributed by atoms with Crippen LogP contribution >= 0.6 is 0 Å². The fraction of sp³-hybridized carbons (Fsp3) is 0.143. The first-order valence-electron chi connectivity index (χ1n) is 3.51. The van der Waals surface area contributed by atoms with Crippen LogP contribution in [-0.2, 0) is 10.0 Å². The Bertz CT molecular complexity index is 400. The van der Waals surface area contributed by atoms with Crippen LogP contribution < -0.4 is 10.6 Å². The Balaban J connectivity index is 3.33. The van der Waals surface area contributed by atoms with Gasteiger partial charge >= 0.3 is 0 Å². The monoisotopic (exact) mass is 183 g/mol. The number of primary sulfonamides is 1. The average Bonchev–Trinajstić information content (AvgIpc) is 1.92. The molecule has 0 heterocycles. The zero-order chi connectivity index (χ0) is 9.35. The molecular weight excluding hydrogens is 173 g/mol. The molecule has 0 saturated carbocycles. The maximum atomic E-state index is 10.9. The highest BCUT2D eigenvalue weighted by Gasteiger charge is 2.07. The summed E-state index contributed by atoms with van der Waals surface area (Å²) >= 11 is 0. The van der Waals surface area contributed by atoms with E-state index in [1.807, 2.05) is 14.8 Å². The molecule has 0 radical (unpaired) electrons. The van der Waals surface area contributed by atoms with E-state index in [1.165, 1.54) is 6.07 Å². The minimum Gasteiger partial charge on any atom is -0.225 e. The van der Waals surface area contributed by atoms with Crippen molar-refractivity contribution in [3.63, 3.8) is 0 Å². The SMILES string of the molecule is Bc1ccc(S(N)(=O)=O)cc1C. The lowest BCUT2D eigenvalue weighted by Crippen LogP contribution is -2.15. The number of rotatable bonds is 1. The Labute approximate surface area is 73.0 Å². The summed E-state index contributed by atoms with van der Waals surface area (Å²) in [4.78, 5) is 0.172. The summed E-state index contributed by atoms with van der Waals surface area (Å²) in [6.45, 7) is 1.85. The van der Waals surface area contributed by atoms with Gasteiger partial charge in [-0.2, -0.15) is 0 Å². The number of sulfonamides is 1. The van der Waals surface area contributed by atoms with E-state index >= 15 is 0 Å². The summed E-state index contributed by atoms with van der Waals surface area (Å²) in [6, 6.07) is 4.83. The predicted molar refractivity (Wildman–Crippen MR) is 50.7 cm³/mol. The minimum absolute atomic E-state index is 0.172. The molecule has 0 atom stereocenters. The molecule has 2 N–H and O–H groups in total. The summed E-state index contributed by atoms with van der Waals surface area (Å²) in [5.41, 5.74) is 1.99. The van der Waals surface area contributed by atoms with Gasteiger partial charge in [0.25, 0.3) is 0 Å². The van der Waals surface area contributed by atoms with E-state index in [-0.39, 0.29) is 4.90 Å². The quantitative estimate of drug-likeness (QED) is 0.562. The molecule has 0 bridgehead atoms. The van der Waals surface area contributed by atoms with Gasteiger partial charge in [-0.3, -0.25) is 0 Å². The second-order valence-electron chi connectivity index (χ2n) is 2.79. The number of benzene rings is 1.